The molecule has 156 valence electrons. The molecule has 2 aromatic rings. The van der Waals surface area contributed by atoms with Crippen LogP contribution in [0, 0.1) is 19.8 Å². The fourth-order valence-corrected chi connectivity index (χ4v) is 4.11. The van der Waals surface area contributed by atoms with Crippen LogP contribution in [0.2, 0.25) is 0 Å². The molecule has 1 aliphatic rings. The van der Waals surface area contributed by atoms with Crippen LogP contribution in [0.3, 0.4) is 0 Å². The summed E-state index contributed by atoms with van der Waals surface area (Å²) >= 11 is 0. The zero-order chi connectivity index (χ0) is 21.6. The minimum absolute atomic E-state index is 0.0467. The van der Waals surface area contributed by atoms with Gasteiger partial charge in [0, 0.05) is 23.8 Å². The number of hydrogen-bond acceptors (Lipinski definition) is 1. The van der Waals surface area contributed by atoms with Crippen molar-refractivity contribution in [1.29, 1.82) is 0 Å². The SMILES string of the molecule is Cc1ccc([C@@H]2c3cc(C)ccc3[C@H](/C=C/C(F)(F)F)[C@H]2[C@@H](O)C(F)(F)F)cc1. The van der Waals surface area contributed by atoms with Crippen molar-refractivity contribution in [1.82, 2.24) is 0 Å². The Kier molecular flexibility index (Phi) is 5.56. The van der Waals surface area contributed by atoms with Crippen LogP contribution in [0.15, 0.2) is 54.6 Å². The number of aryl methyl sites for hydroxylation is 2. The maximum Gasteiger partial charge on any atom is 0.414 e. The Morgan fingerprint density at radius 2 is 1.45 bits per heavy atom. The molecule has 0 radical (unpaired) electrons. The summed E-state index contributed by atoms with van der Waals surface area (Å²) in [7, 11) is 0. The zero-order valence-electron chi connectivity index (χ0n) is 15.7. The molecular formula is C22H20F6O. The highest BCUT2D eigenvalue weighted by Crippen LogP contribution is 2.54. The van der Waals surface area contributed by atoms with E-state index in [0.717, 1.165) is 17.2 Å². The number of aliphatic hydroxyl groups is 1. The molecular weight excluding hydrogens is 394 g/mol. The topological polar surface area (TPSA) is 20.2 Å². The maximum absolute atomic E-state index is 13.5. The number of aliphatic hydroxyl groups excluding tert-OH is 1. The molecule has 1 nitrogen and oxygen atoms in total. The molecule has 7 heteroatoms. The van der Waals surface area contributed by atoms with Crippen molar-refractivity contribution in [3.63, 3.8) is 0 Å². The number of halogens is 6. The van der Waals surface area contributed by atoms with Crippen molar-refractivity contribution in [3.8, 4) is 0 Å². The Morgan fingerprint density at radius 3 is 2.00 bits per heavy atom. The molecule has 0 bridgehead atoms. The number of hydrogen-bond donors (Lipinski definition) is 1. The van der Waals surface area contributed by atoms with Gasteiger partial charge in [0.2, 0.25) is 0 Å². The van der Waals surface area contributed by atoms with E-state index in [0.29, 0.717) is 16.7 Å². The molecule has 0 amide bonds. The van der Waals surface area contributed by atoms with Gasteiger partial charge >= 0.3 is 12.4 Å². The van der Waals surface area contributed by atoms with Gasteiger partial charge in [-0.05, 0) is 30.5 Å². The molecule has 4 atom stereocenters. The van der Waals surface area contributed by atoms with Gasteiger partial charge in [-0.3, -0.25) is 0 Å². The molecule has 0 saturated heterocycles. The molecule has 2 aromatic carbocycles. The van der Waals surface area contributed by atoms with Gasteiger partial charge in [-0.15, -0.1) is 0 Å². The van der Waals surface area contributed by atoms with E-state index in [4.69, 9.17) is 0 Å². The monoisotopic (exact) mass is 414 g/mol. The van der Waals surface area contributed by atoms with E-state index in [1.54, 1.807) is 49.4 Å². The van der Waals surface area contributed by atoms with Crippen LogP contribution in [0.5, 0.6) is 0 Å². The minimum Gasteiger partial charge on any atom is -0.383 e. The molecule has 0 saturated carbocycles. The van der Waals surface area contributed by atoms with Gasteiger partial charge in [0.15, 0.2) is 6.10 Å². The Morgan fingerprint density at radius 1 is 0.862 bits per heavy atom. The summed E-state index contributed by atoms with van der Waals surface area (Å²) in [5, 5.41) is 10.2. The normalized spacial score (nSPS) is 23.4. The first-order valence-corrected chi connectivity index (χ1v) is 9.06. The van der Waals surface area contributed by atoms with Crippen LogP contribution in [-0.4, -0.2) is 23.6 Å². The standard InChI is InChI=1S/C22H20F6O/c1-12-3-6-14(7-4-12)18-17-11-13(2)5-8-15(17)16(9-10-21(23,24)25)19(18)20(29)22(26,27)28/h3-11,16,18-20,29H,1-2H3/b10-9+/t16-,18+,19+,20+/m0/s1. The van der Waals surface area contributed by atoms with Crippen molar-refractivity contribution >= 4 is 0 Å². The van der Waals surface area contributed by atoms with Gasteiger partial charge in [0.05, 0.1) is 0 Å². The van der Waals surface area contributed by atoms with Crippen molar-refractivity contribution in [2.45, 2.75) is 44.1 Å². The molecule has 29 heavy (non-hydrogen) atoms. The Hall–Kier alpha value is -2.28. The molecule has 0 unspecified atom stereocenters. The first-order chi connectivity index (χ1) is 13.4. The number of rotatable bonds is 3. The van der Waals surface area contributed by atoms with E-state index in [1.165, 1.54) is 0 Å². The van der Waals surface area contributed by atoms with E-state index >= 15 is 0 Å². The highest BCUT2D eigenvalue weighted by molar-refractivity contribution is 5.50. The minimum atomic E-state index is -4.96. The fourth-order valence-electron chi connectivity index (χ4n) is 4.11. The van der Waals surface area contributed by atoms with Gasteiger partial charge in [-0.1, -0.05) is 59.7 Å². The van der Waals surface area contributed by atoms with Crippen LogP contribution in [0.25, 0.3) is 0 Å². The van der Waals surface area contributed by atoms with Gasteiger partial charge in [0.1, 0.15) is 0 Å². The maximum atomic E-state index is 13.5. The molecule has 1 N–H and O–H groups in total. The van der Waals surface area contributed by atoms with E-state index < -0.39 is 36.2 Å². The van der Waals surface area contributed by atoms with Crippen molar-refractivity contribution in [2.24, 2.45) is 5.92 Å². The number of allylic oxidation sites excluding steroid dienone is 2. The number of fused-ring (bicyclic) bond motifs is 1. The molecule has 0 aliphatic heterocycles. The average Bonchev–Trinajstić information content (AvgIpc) is 2.91. The molecule has 1 aliphatic carbocycles. The molecule has 0 fully saturated rings. The molecule has 3 rings (SSSR count). The summed E-state index contributed by atoms with van der Waals surface area (Å²) < 4.78 is 78.9. The predicted molar refractivity (Wildman–Crippen MR) is 97.7 cm³/mol. The average molecular weight is 414 g/mol. The highest BCUT2D eigenvalue weighted by Gasteiger charge is 2.53. The Bertz CT molecular complexity index is 895. The molecule has 0 spiro atoms. The van der Waals surface area contributed by atoms with Crippen LogP contribution in [0.4, 0.5) is 26.3 Å². The zero-order valence-corrected chi connectivity index (χ0v) is 15.7. The van der Waals surface area contributed by atoms with Gasteiger partial charge < -0.3 is 5.11 Å². The van der Waals surface area contributed by atoms with E-state index in [2.05, 4.69) is 0 Å². The lowest BCUT2D eigenvalue weighted by Gasteiger charge is -2.30. The summed E-state index contributed by atoms with van der Waals surface area (Å²) in [5.74, 6) is -3.62. The highest BCUT2D eigenvalue weighted by atomic mass is 19.4. The van der Waals surface area contributed by atoms with Crippen LogP contribution >= 0.6 is 0 Å². The first kappa shape index (κ1) is 21.4. The van der Waals surface area contributed by atoms with Crippen molar-refractivity contribution < 1.29 is 31.4 Å². The lowest BCUT2D eigenvalue weighted by molar-refractivity contribution is -0.221. The third-order valence-corrected chi connectivity index (χ3v) is 5.36. The summed E-state index contributed by atoms with van der Waals surface area (Å²) in [4.78, 5) is 0. The lowest BCUT2D eigenvalue weighted by Crippen LogP contribution is -2.39. The summed E-state index contributed by atoms with van der Waals surface area (Å²) in [5.41, 5.74) is 3.09. The Labute approximate surface area is 164 Å². The summed E-state index contributed by atoms with van der Waals surface area (Å²) in [6, 6.07) is 11.7. The molecule has 0 aromatic heterocycles. The quantitative estimate of drug-likeness (QED) is 0.469. The van der Waals surface area contributed by atoms with Crippen LogP contribution < -0.4 is 0 Å². The second-order valence-electron chi connectivity index (χ2n) is 7.51. The van der Waals surface area contributed by atoms with Gasteiger partial charge in [-0.25, -0.2) is 0 Å². The van der Waals surface area contributed by atoms with Crippen LogP contribution in [-0.2, 0) is 0 Å². The van der Waals surface area contributed by atoms with E-state index in [1.807, 2.05) is 6.92 Å². The van der Waals surface area contributed by atoms with Crippen molar-refractivity contribution in [3.05, 3.63) is 82.4 Å². The largest absolute Gasteiger partial charge is 0.414 e. The fraction of sp³-hybridized carbons (Fsp3) is 0.364. The number of alkyl halides is 6. The second kappa shape index (κ2) is 7.52. The first-order valence-electron chi connectivity index (χ1n) is 9.06. The van der Waals surface area contributed by atoms with Crippen LogP contribution in [0.1, 0.15) is 39.7 Å². The molecule has 0 heterocycles. The van der Waals surface area contributed by atoms with E-state index in [-0.39, 0.29) is 6.08 Å². The van der Waals surface area contributed by atoms with Gasteiger partial charge in [0.25, 0.3) is 0 Å². The lowest BCUT2D eigenvalue weighted by atomic mass is 9.78. The smallest absolute Gasteiger partial charge is 0.383 e. The summed E-state index contributed by atoms with van der Waals surface area (Å²) in [6.45, 7) is 3.59. The number of benzene rings is 2. The summed E-state index contributed by atoms with van der Waals surface area (Å²) in [6.07, 6.45) is -11.7. The third kappa shape index (κ3) is 4.50. The van der Waals surface area contributed by atoms with Crippen molar-refractivity contribution in [2.75, 3.05) is 0 Å². The third-order valence-electron chi connectivity index (χ3n) is 5.36. The second-order valence-corrected chi connectivity index (χ2v) is 7.51. The predicted octanol–water partition coefficient (Wildman–Crippen LogP) is 6.19. The van der Waals surface area contributed by atoms with Gasteiger partial charge in [-0.2, -0.15) is 26.3 Å². The van der Waals surface area contributed by atoms with E-state index in [9.17, 15) is 31.4 Å². The Balaban J connectivity index is 2.21.